The number of benzene rings is 1. The molecule has 1 aromatic carbocycles. The average Bonchev–Trinajstić information content (AvgIpc) is 3.53. The number of rotatable bonds is 7. The molecular formula is C21H29N3O4S. The molecule has 2 unspecified atom stereocenters. The fourth-order valence-electron chi connectivity index (χ4n) is 3.80. The summed E-state index contributed by atoms with van der Waals surface area (Å²) in [7, 11) is -3.67. The number of sulfonamides is 1. The topological polar surface area (TPSA) is 95.6 Å². The van der Waals surface area contributed by atoms with Gasteiger partial charge in [0, 0.05) is 31.2 Å². The maximum absolute atomic E-state index is 13.1. The van der Waals surface area contributed by atoms with Gasteiger partial charge in [-0.25, -0.2) is 8.42 Å². The monoisotopic (exact) mass is 419 g/mol. The van der Waals surface area contributed by atoms with Crippen molar-refractivity contribution in [1.82, 2.24) is 14.9 Å². The number of carbonyl (C=O) groups is 2. The first kappa shape index (κ1) is 21.5. The molecule has 3 rings (SSSR count). The Kier molecular flexibility index (Phi) is 6.43. The van der Waals surface area contributed by atoms with Gasteiger partial charge in [-0.05, 0) is 60.9 Å². The van der Waals surface area contributed by atoms with E-state index in [0.717, 1.165) is 12.8 Å². The summed E-state index contributed by atoms with van der Waals surface area (Å²) in [4.78, 5) is 24.0. The maximum atomic E-state index is 13.1. The molecule has 2 N–H and O–H groups in total. The van der Waals surface area contributed by atoms with E-state index in [1.54, 1.807) is 12.1 Å². The van der Waals surface area contributed by atoms with Crippen LogP contribution in [0.5, 0.6) is 0 Å². The number of nitrogens with one attached hydrogen (secondary N) is 2. The van der Waals surface area contributed by atoms with Crippen molar-refractivity contribution in [3.63, 3.8) is 0 Å². The fourth-order valence-corrected chi connectivity index (χ4v) is 5.44. The SMILES string of the molecule is C=CC(=O)NC1C(C)CN(S(=O)(=O)c2ccc(C(=O)NCC3CC3)cc2)CC1C. The molecule has 1 aliphatic carbocycles. The molecule has 0 bridgehead atoms. The Morgan fingerprint density at radius 1 is 1.14 bits per heavy atom. The van der Waals surface area contributed by atoms with Crippen LogP contribution in [0.2, 0.25) is 0 Å². The van der Waals surface area contributed by atoms with Gasteiger partial charge < -0.3 is 10.6 Å². The third-order valence-corrected chi connectivity index (χ3v) is 7.55. The number of piperidine rings is 1. The molecule has 0 radical (unpaired) electrons. The highest BCUT2D eigenvalue weighted by molar-refractivity contribution is 7.89. The van der Waals surface area contributed by atoms with Crippen molar-refractivity contribution in [1.29, 1.82) is 0 Å². The number of hydrogen-bond donors (Lipinski definition) is 2. The molecular weight excluding hydrogens is 390 g/mol. The van der Waals surface area contributed by atoms with Crippen LogP contribution in [0.1, 0.15) is 37.0 Å². The number of hydrogen-bond acceptors (Lipinski definition) is 4. The van der Waals surface area contributed by atoms with Gasteiger partial charge in [-0.3, -0.25) is 9.59 Å². The van der Waals surface area contributed by atoms with Gasteiger partial charge in [-0.1, -0.05) is 20.4 Å². The predicted molar refractivity (Wildman–Crippen MR) is 111 cm³/mol. The normalized spacial score (nSPS) is 25.2. The van der Waals surface area contributed by atoms with Crippen LogP contribution in [-0.4, -0.2) is 50.2 Å². The minimum Gasteiger partial charge on any atom is -0.352 e. The third-order valence-electron chi connectivity index (χ3n) is 5.71. The lowest BCUT2D eigenvalue weighted by molar-refractivity contribution is -0.118. The number of carbonyl (C=O) groups excluding carboxylic acids is 2. The lowest BCUT2D eigenvalue weighted by Gasteiger charge is -2.40. The van der Waals surface area contributed by atoms with Gasteiger partial charge >= 0.3 is 0 Å². The lowest BCUT2D eigenvalue weighted by atomic mass is 9.87. The first-order chi connectivity index (χ1) is 13.7. The van der Waals surface area contributed by atoms with Gasteiger partial charge in [-0.2, -0.15) is 4.31 Å². The molecule has 1 saturated carbocycles. The second kappa shape index (κ2) is 8.67. The Morgan fingerprint density at radius 2 is 1.72 bits per heavy atom. The Balaban J connectivity index is 1.67. The minimum absolute atomic E-state index is 0.0371. The van der Waals surface area contributed by atoms with Crippen molar-refractivity contribution in [2.24, 2.45) is 17.8 Å². The van der Waals surface area contributed by atoms with Crippen LogP contribution >= 0.6 is 0 Å². The summed E-state index contributed by atoms with van der Waals surface area (Å²) in [6, 6.07) is 5.98. The molecule has 2 fully saturated rings. The Morgan fingerprint density at radius 3 is 2.24 bits per heavy atom. The van der Waals surface area contributed by atoms with Crippen LogP contribution in [0, 0.1) is 17.8 Å². The molecule has 0 aromatic heterocycles. The van der Waals surface area contributed by atoms with E-state index < -0.39 is 10.0 Å². The van der Waals surface area contributed by atoms with Crippen molar-refractivity contribution in [2.75, 3.05) is 19.6 Å². The van der Waals surface area contributed by atoms with Crippen molar-refractivity contribution in [2.45, 2.75) is 37.6 Å². The van der Waals surface area contributed by atoms with Gasteiger partial charge in [0.05, 0.1) is 4.90 Å². The summed E-state index contributed by atoms with van der Waals surface area (Å²) in [5.74, 6) is 0.0824. The average molecular weight is 420 g/mol. The highest BCUT2D eigenvalue weighted by Crippen LogP contribution is 2.28. The van der Waals surface area contributed by atoms with Crippen LogP contribution < -0.4 is 10.6 Å². The molecule has 2 atom stereocenters. The zero-order valence-electron chi connectivity index (χ0n) is 16.9. The van der Waals surface area contributed by atoms with Crippen molar-refractivity contribution in [3.8, 4) is 0 Å². The molecule has 8 heteroatoms. The highest BCUT2D eigenvalue weighted by atomic mass is 32.2. The lowest BCUT2D eigenvalue weighted by Crippen LogP contribution is -2.55. The van der Waals surface area contributed by atoms with Crippen LogP contribution in [0.3, 0.4) is 0 Å². The summed E-state index contributed by atoms with van der Waals surface area (Å²) < 4.78 is 27.6. The minimum atomic E-state index is -3.67. The fraction of sp³-hybridized carbons (Fsp3) is 0.524. The van der Waals surface area contributed by atoms with Crippen LogP contribution in [0.4, 0.5) is 0 Å². The van der Waals surface area contributed by atoms with E-state index >= 15 is 0 Å². The van der Waals surface area contributed by atoms with Crippen molar-refractivity contribution >= 4 is 21.8 Å². The smallest absolute Gasteiger partial charge is 0.251 e. The molecule has 158 valence electrons. The van der Waals surface area contributed by atoms with Crippen molar-refractivity contribution in [3.05, 3.63) is 42.5 Å². The van der Waals surface area contributed by atoms with E-state index in [4.69, 9.17) is 0 Å². The molecule has 1 aromatic rings. The quantitative estimate of drug-likeness (QED) is 0.659. The summed E-state index contributed by atoms with van der Waals surface area (Å²) >= 11 is 0. The number of amides is 2. The Labute approximate surface area is 172 Å². The second-order valence-corrected chi connectivity index (χ2v) is 10.1. The van der Waals surface area contributed by atoms with Gasteiger partial charge in [0.1, 0.15) is 0 Å². The highest BCUT2D eigenvalue weighted by Gasteiger charge is 2.38. The molecule has 2 aliphatic rings. The van der Waals surface area contributed by atoms with E-state index in [1.165, 1.54) is 22.5 Å². The van der Waals surface area contributed by atoms with E-state index in [0.29, 0.717) is 31.1 Å². The summed E-state index contributed by atoms with van der Waals surface area (Å²) in [5, 5.41) is 5.78. The van der Waals surface area contributed by atoms with E-state index in [-0.39, 0.29) is 34.6 Å². The molecule has 1 aliphatic heterocycles. The maximum Gasteiger partial charge on any atom is 0.251 e. The van der Waals surface area contributed by atoms with Crippen molar-refractivity contribution < 1.29 is 18.0 Å². The van der Waals surface area contributed by atoms with Gasteiger partial charge in [0.15, 0.2) is 0 Å². The van der Waals surface area contributed by atoms with Gasteiger partial charge in [-0.15, -0.1) is 0 Å². The Bertz CT molecular complexity index is 866. The predicted octanol–water partition coefficient (Wildman–Crippen LogP) is 1.77. The molecule has 7 nitrogen and oxygen atoms in total. The standard InChI is InChI=1S/C21H29N3O4S/c1-4-19(25)23-20-14(2)12-24(13-15(20)3)29(27,28)18-9-7-17(8-10-18)21(26)22-11-16-5-6-16/h4,7-10,14-16,20H,1,5-6,11-13H2,2-3H3,(H,22,26)(H,23,25). The first-order valence-corrected chi connectivity index (χ1v) is 11.5. The molecule has 1 saturated heterocycles. The Hall–Kier alpha value is -2.19. The zero-order valence-corrected chi connectivity index (χ0v) is 17.7. The number of nitrogens with zero attached hydrogens (tertiary/aromatic N) is 1. The van der Waals surface area contributed by atoms with Gasteiger partial charge in [0.25, 0.3) is 5.91 Å². The third kappa shape index (κ3) is 5.05. The summed E-state index contributed by atoms with van der Waals surface area (Å²) in [6.45, 7) is 8.63. The van der Waals surface area contributed by atoms with Crippen LogP contribution in [-0.2, 0) is 14.8 Å². The largest absolute Gasteiger partial charge is 0.352 e. The van der Waals surface area contributed by atoms with Crippen LogP contribution in [0.25, 0.3) is 0 Å². The van der Waals surface area contributed by atoms with E-state index in [2.05, 4.69) is 17.2 Å². The molecule has 29 heavy (non-hydrogen) atoms. The molecule has 2 amide bonds. The first-order valence-electron chi connectivity index (χ1n) is 10.0. The van der Waals surface area contributed by atoms with Gasteiger partial charge in [0.2, 0.25) is 15.9 Å². The molecule has 0 spiro atoms. The summed E-state index contributed by atoms with van der Waals surface area (Å²) in [5.41, 5.74) is 0.456. The second-order valence-electron chi connectivity index (χ2n) is 8.19. The van der Waals surface area contributed by atoms with E-state index in [1.807, 2.05) is 13.8 Å². The zero-order chi connectivity index (χ0) is 21.2. The summed E-state index contributed by atoms with van der Waals surface area (Å²) in [6.07, 6.45) is 3.54. The van der Waals surface area contributed by atoms with Crippen LogP contribution in [0.15, 0.2) is 41.8 Å². The van der Waals surface area contributed by atoms with E-state index in [9.17, 15) is 18.0 Å². The molecule has 1 heterocycles.